The second-order valence-electron chi connectivity index (χ2n) is 7.32. The lowest BCUT2D eigenvalue weighted by Crippen LogP contribution is -2.47. The van der Waals surface area contributed by atoms with Gasteiger partial charge in [0.05, 0.1) is 6.42 Å². The Kier molecular flexibility index (Phi) is 4.23. The van der Waals surface area contributed by atoms with Crippen molar-refractivity contribution in [3.8, 4) is 11.1 Å². The van der Waals surface area contributed by atoms with Gasteiger partial charge < -0.3 is 10.6 Å². The molecule has 4 rings (SSSR count). The molecule has 1 amide bonds. The molecule has 1 fully saturated rings. The van der Waals surface area contributed by atoms with E-state index in [1.165, 1.54) is 34.6 Å². The molecule has 136 valence electrons. The first-order chi connectivity index (χ1) is 12.5. The minimum atomic E-state index is -0.580. The van der Waals surface area contributed by atoms with Crippen LogP contribution in [-0.4, -0.2) is 36.9 Å². The average Bonchev–Trinajstić information content (AvgIpc) is 3.32. The molecule has 0 unspecified atom stereocenters. The van der Waals surface area contributed by atoms with Crippen LogP contribution in [0.15, 0.2) is 40.7 Å². The molecule has 2 N–H and O–H groups in total. The number of benzene rings is 1. The maximum Gasteiger partial charge on any atom is 0.231 e. The smallest absolute Gasteiger partial charge is 0.231 e. The normalized spacial score (nSPS) is 23.5. The molecular weight excluding hydrogens is 344 g/mol. The topological polar surface area (TPSA) is 61.9 Å². The van der Waals surface area contributed by atoms with Gasteiger partial charge in [-0.05, 0) is 54.5 Å². The third kappa shape index (κ3) is 2.98. The van der Waals surface area contributed by atoms with Crippen molar-refractivity contribution >= 4 is 28.9 Å². The molecule has 3 heterocycles. The number of hydrogen-bond acceptors (Lipinski definition) is 5. The number of hydrogen-bond donors (Lipinski definition) is 1. The van der Waals surface area contributed by atoms with Crippen molar-refractivity contribution in [1.82, 2.24) is 4.90 Å². The lowest BCUT2D eigenvalue weighted by Gasteiger charge is -2.32. The van der Waals surface area contributed by atoms with Crippen LogP contribution >= 0.6 is 11.3 Å². The van der Waals surface area contributed by atoms with Crippen molar-refractivity contribution in [1.29, 1.82) is 0 Å². The van der Waals surface area contributed by atoms with E-state index < -0.39 is 5.54 Å². The molecule has 1 aromatic heterocycles. The zero-order valence-electron chi connectivity index (χ0n) is 15.2. The molecule has 0 aliphatic carbocycles. The van der Waals surface area contributed by atoms with Crippen LogP contribution in [0.4, 0.5) is 5.69 Å². The van der Waals surface area contributed by atoms with Gasteiger partial charge in [-0.15, -0.1) is 11.3 Å². The number of carbonyl (C=O) groups is 1. The van der Waals surface area contributed by atoms with Gasteiger partial charge >= 0.3 is 0 Å². The number of amides is 1. The minimum absolute atomic E-state index is 0.00554. The summed E-state index contributed by atoms with van der Waals surface area (Å²) in [5, 5.41) is 2.15. The molecule has 1 saturated heterocycles. The van der Waals surface area contributed by atoms with E-state index in [9.17, 15) is 4.79 Å². The van der Waals surface area contributed by atoms with Gasteiger partial charge in [0.15, 0.2) is 5.96 Å². The largest absolute Gasteiger partial charge is 0.372 e. The highest BCUT2D eigenvalue weighted by molar-refractivity contribution is 7.10. The van der Waals surface area contributed by atoms with Crippen LogP contribution in [0.5, 0.6) is 0 Å². The molecule has 1 aromatic carbocycles. The molecule has 0 bridgehead atoms. The van der Waals surface area contributed by atoms with Crippen LogP contribution in [0, 0.1) is 0 Å². The number of thiophene rings is 1. The van der Waals surface area contributed by atoms with Gasteiger partial charge in [0, 0.05) is 30.7 Å². The maximum atomic E-state index is 12.2. The Morgan fingerprint density at radius 2 is 1.96 bits per heavy atom. The van der Waals surface area contributed by atoms with E-state index in [0.717, 1.165) is 18.0 Å². The van der Waals surface area contributed by atoms with E-state index in [4.69, 9.17) is 5.73 Å². The number of nitrogens with two attached hydrogens (primary N) is 1. The SMILES string of the molecule is CN1C(=O)C[C@@](C)(c2cc(-c3cccc(N4CCCC4)c3)cs2)N=C1N. The van der Waals surface area contributed by atoms with Crippen LogP contribution in [-0.2, 0) is 10.3 Å². The maximum absolute atomic E-state index is 12.2. The fraction of sp³-hybridized carbons (Fsp3) is 0.400. The highest BCUT2D eigenvalue weighted by Gasteiger charge is 2.37. The highest BCUT2D eigenvalue weighted by atomic mass is 32.1. The average molecular weight is 369 g/mol. The standard InChI is InChI=1S/C20H24N4OS/c1-20(12-18(25)23(2)19(21)22-20)17-11-15(13-26-17)14-6-5-7-16(10-14)24-8-3-4-9-24/h5-7,10-11,13H,3-4,8-9,12H2,1-2H3,(H2,21,22)/t20-/m0/s1. The van der Waals surface area contributed by atoms with E-state index in [-0.39, 0.29) is 11.9 Å². The van der Waals surface area contributed by atoms with Gasteiger partial charge in [-0.25, -0.2) is 4.99 Å². The molecule has 0 radical (unpaired) electrons. The third-order valence-corrected chi connectivity index (χ3v) is 6.54. The monoisotopic (exact) mass is 368 g/mol. The predicted octanol–water partition coefficient (Wildman–Crippen LogP) is 3.41. The zero-order chi connectivity index (χ0) is 18.3. The van der Waals surface area contributed by atoms with Crippen LogP contribution < -0.4 is 10.6 Å². The summed E-state index contributed by atoms with van der Waals surface area (Å²) >= 11 is 1.65. The Hall–Kier alpha value is -2.34. The van der Waals surface area contributed by atoms with Crippen molar-refractivity contribution in [3.05, 3.63) is 40.6 Å². The minimum Gasteiger partial charge on any atom is -0.372 e. The molecule has 2 aliphatic heterocycles. The van der Waals surface area contributed by atoms with Crippen molar-refractivity contribution in [2.24, 2.45) is 10.7 Å². The number of nitrogens with zero attached hydrogens (tertiary/aromatic N) is 3. The van der Waals surface area contributed by atoms with Gasteiger partial charge in [0.2, 0.25) is 5.91 Å². The molecule has 1 atom stereocenters. The number of aliphatic imine (C=N–C) groups is 1. The first-order valence-electron chi connectivity index (χ1n) is 9.02. The number of rotatable bonds is 3. The quantitative estimate of drug-likeness (QED) is 0.903. The van der Waals surface area contributed by atoms with E-state index in [0.29, 0.717) is 6.42 Å². The van der Waals surface area contributed by atoms with E-state index in [2.05, 4.69) is 45.6 Å². The van der Waals surface area contributed by atoms with Crippen molar-refractivity contribution in [2.45, 2.75) is 31.7 Å². The fourth-order valence-corrected chi connectivity index (χ4v) is 4.70. The molecule has 2 aromatic rings. The van der Waals surface area contributed by atoms with Crippen LogP contribution in [0.3, 0.4) is 0 Å². The third-order valence-electron chi connectivity index (χ3n) is 5.36. The predicted molar refractivity (Wildman–Crippen MR) is 108 cm³/mol. The van der Waals surface area contributed by atoms with Crippen LogP contribution in [0.2, 0.25) is 0 Å². The lowest BCUT2D eigenvalue weighted by atomic mass is 9.93. The number of carbonyl (C=O) groups excluding carboxylic acids is 1. The summed E-state index contributed by atoms with van der Waals surface area (Å²) in [6.45, 7) is 4.26. The summed E-state index contributed by atoms with van der Waals surface area (Å²) in [6.07, 6.45) is 2.89. The molecule has 26 heavy (non-hydrogen) atoms. The summed E-state index contributed by atoms with van der Waals surface area (Å²) in [5.41, 5.74) is 9.03. The van der Waals surface area contributed by atoms with Crippen LogP contribution in [0.25, 0.3) is 11.1 Å². The summed E-state index contributed by atoms with van der Waals surface area (Å²) in [5.74, 6) is 0.292. The van der Waals surface area contributed by atoms with E-state index >= 15 is 0 Å². The second kappa shape index (κ2) is 6.43. The van der Waals surface area contributed by atoms with Gasteiger partial charge in [-0.1, -0.05) is 12.1 Å². The highest BCUT2D eigenvalue weighted by Crippen LogP contribution is 2.39. The number of anilines is 1. The molecular formula is C20H24N4OS. The molecule has 6 heteroatoms. The zero-order valence-corrected chi connectivity index (χ0v) is 16.1. The van der Waals surface area contributed by atoms with E-state index in [1.807, 2.05) is 6.92 Å². The Morgan fingerprint density at radius 3 is 2.69 bits per heavy atom. The Balaban J connectivity index is 1.64. The Labute approximate surface area is 158 Å². The Bertz CT molecular complexity index is 868. The molecule has 5 nitrogen and oxygen atoms in total. The fourth-order valence-electron chi connectivity index (χ4n) is 3.68. The molecule has 0 saturated carbocycles. The summed E-state index contributed by atoms with van der Waals surface area (Å²) < 4.78 is 0. The van der Waals surface area contributed by atoms with Gasteiger partial charge in [-0.3, -0.25) is 9.69 Å². The van der Waals surface area contributed by atoms with Gasteiger partial charge in [0.25, 0.3) is 0 Å². The number of guanidine groups is 1. The lowest BCUT2D eigenvalue weighted by molar-refractivity contribution is -0.128. The van der Waals surface area contributed by atoms with Crippen molar-refractivity contribution in [3.63, 3.8) is 0 Å². The van der Waals surface area contributed by atoms with Crippen LogP contribution in [0.1, 0.15) is 31.1 Å². The summed E-state index contributed by atoms with van der Waals surface area (Å²) in [7, 11) is 1.67. The van der Waals surface area contributed by atoms with Gasteiger partial charge in [-0.2, -0.15) is 0 Å². The van der Waals surface area contributed by atoms with Gasteiger partial charge in [0.1, 0.15) is 5.54 Å². The first-order valence-corrected chi connectivity index (χ1v) is 9.90. The van der Waals surface area contributed by atoms with Crippen molar-refractivity contribution in [2.75, 3.05) is 25.0 Å². The van der Waals surface area contributed by atoms with E-state index in [1.54, 1.807) is 18.4 Å². The molecule has 2 aliphatic rings. The molecule has 0 spiro atoms. The first kappa shape index (κ1) is 17.1. The Morgan fingerprint density at radius 1 is 1.19 bits per heavy atom. The second-order valence-corrected chi connectivity index (χ2v) is 8.23. The summed E-state index contributed by atoms with van der Waals surface area (Å²) in [6, 6.07) is 10.9. The van der Waals surface area contributed by atoms with Crippen molar-refractivity contribution < 1.29 is 4.79 Å². The summed E-state index contributed by atoms with van der Waals surface area (Å²) in [4.78, 5) is 21.8.